The molecule has 24 heavy (non-hydrogen) atoms. The van der Waals surface area contributed by atoms with Crippen LogP contribution in [0.4, 0.5) is 5.69 Å². The molecule has 1 fully saturated rings. The molecule has 1 amide bonds. The molecule has 1 aliphatic rings. The van der Waals surface area contributed by atoms with Gasteiger partial charge in [-0.15, -0.1) is 12.4 Å². The molecule has 1 saturated heterocycles. The first-order valence-corrected chi connectivity index (χ1v) is 8.62. The second-order valence-electron chi connectivity index (χ2n) is 5.16. The summed E-state index contributed by atoms with van der Waals surface area (Å²) in [5, 5.41) is 2.58. The second kappa shape index (κ2) is 8.63. The van der Waals surface area contributed by atoms with Crippen LogP contribution >= 0.6 is 12.4 Å². The molecule has 1 aromatic rings. The largest absolute Gasteiger partial charge is 0.495 e. The number of morpholine rings is 1. The summed E-state index contributed by atoms with van der Waals surface area (Å²) in [6.45, 7) is 2.80. The minimum absolute atomic E-state index is 0. The van der Waals surface area contributed by atoms with Crippen LogP contribution in [0.2, 0.25) is 0 Å². The van der Waals surface area contributed by atoms with Crippen LogP contribution in [0.25, 0.3) is 0 Å². The number of nitrogens with zero attached hydrogens (tertiary/aromatic N) is 1. The third-order valence-corrected chi connectivity index (χ3v) is 5.35. The molecular weight excluding hydrogens is 358 g/mol. The van der Waals surface area contributed by atoms with E-state index < -0.39 is 22.0 Å². The predicted molar refractivity (Wildman–Crippen MR) is 92.1 cm³/mol. The molecule has 0 aromatic heterocycles. The smallest absolute Gasteiger partial charge is 0.246 e. The molecule has 1 aliphatic heterocycles. The molecule has 1 atom stereocenters. The molecule has 0 unspecified atom stereocenters. The first-order valence-electron chi connectivity index (χ1n) is 7.18. The minimum Gasteiger partial charge on any atom is -0.495 e. The monoisotopic (exact) mass is 379 g/mol. The summed E-state index contributed by atoms with van der Waals surface area (Å²) in [7, 11) is -2.34. The van der Waals surface area contributed by atoms with Crippen LogP contribution in [0.5, 0.6) is 5.75 Å². The van der Waals surface area contributed by atoms with Crippen LogP contribution < -0.4 is 15.8 Å². The summed E-state index contributed by atoms with van der Waals surface area (Å²) in [6.07, 6.45) is 0. The summed E-state index contributed by atoms with van der Waals surface area (Å²) in [5.74, 6) is -0.180. The maximum absolute atomic E-state index is 12.8. The fourth-order valence-electron chi connectivity index (χ4n) is 2.14. The van der Waals surface area contributed by atoms with E-state index in [1.165, 1.54) is 23.5 Å². The Hall–Kier alpha value is -1.39. The van der Waals surface area contributed by atoms with Crippen molar-refractivity contribution in [1.29, 1.82) is 0 Å². The first kappa shape index (κ1) is 20.7. The normalized spacial score (nSPS) is 16.8. The van der Waals surface area contributed by atoms with Crippen molar-refractivity contribution in [2.45, 2.75) is 17.9 Å². The lowest BCUT2D eigenvalue weighted by Gasteiger charge is -2.26. The average molecular weight is 380 g/mol. The van der Waals surface area contributed by atoms with Crippen LogP contribution in [0.15, 0.2) is 23.1 Å². The minimum atomic E-state index is -3.74. The van der Waals surface area contributed by atoms with Crippen LogP contribution in [0.1, 0.15) is 6.92 Å². The van der Waals surface area contributed by atoms with E-state index in [0.717, 1.165) is 0 Å². The summed E-state index contributed by atoms with van der Waals surface area (Å²) in [4.78, 5) is 11.7. The Morgan fingerprint density at radius 1 is 1.38 bits per heavy atom. The number of hydrogen-bond acceptors (Lipinski definition) is 6. The van der Waals surface area contributed by atoms with Gasteiger partial charge >= 0.3 is 0 Å². The van der Waals surface area contributed by atoms with E-state index in [0.29, 0.717) is 18.9 Å². The van der Waals surface area contributed by atoms with Crippen molar-refractivity contribution in [3.63, 3.8) is 0 Å². The molecule has 0 spiro atoms. The quantitative estimate of drug-likeness (QED) is 0.767. The number of nitrogens with two attached hydrogens (primary N) is 1. The number of ether oxygens (including phenoxy) is 2. The maximum atomic E-state index is 12.8. The van der Waals surface area contributed by atoms with E-state index in [4.69, 9.17) is 15.2 Å². The fraction of sp³-hybridized carbons (Fsp3) is 0.500. The number of carbonyl (C=O) groups is 1. The third kappa shape index (κ3) is 4.58. The Morgan fingerprint density at radius 2 is 2.00 bits per heavy atom. The number of rotatable bonds is 5. The number of sulfonamides is 1. The first-order chi connectivity index (χ1) is 10.9. The summed E-state index contributed by atoms with van der Waals surface area (Å²) in [5.41, 5.74) is 5.85. The second-order valence-corrected chi connectivity index (χ2v) is 7.07. The molecule has 8 nitrogen and oxygen atoms in total. The van der Waals surface area contributed by atoms with Crippen LogP contribution in [0.3, 0.4) is 0 Å². The lowest BCUT2D eigenvalue weighted by molar-refractivity contribution is -0.117. The van der Waals surface area contributed by atoms with Crippen molar-refractivity contribution >= 4 is 34.0 Å². The highest BCUT2D eigenvalue weighted by Crippen LogP contribution is 2.30. The number of carbonyl (C=O) groups excluding carboxylic acids is 1. The fourth-order valence-corrected chi connectivity index (χ4v) is 3.73. The van der Waals surface area contributed by atoms with Gasteiger partial charge in [0.1, 0.15) is 10.6 Å². The molecule has 0 bridgehead atoms. The van der Waals surface area contributed by atoms with E-state index in [2.05, 4.69) is 5.32 Å². The topological polar surface area (TPSA) is 111 Å². The van der Waals surface area contributed by atoms with Gasteiger partial charge in [0.25, 0.3) is 0 Å². The predicted octanol–water partition coefficient (Wildman–Crippen LogP) is 0.424. The number of halogens is 1. The van der Waals surface area contributed by atoms with Crippen LogP contribution in [0, 0.1) is 0 Å². The highest BCUT2D eigenvalue weighted by molar-refractivity contribution is 7.89. The van der Waals surface area contributed by atoms with E-state index in [1.54, 1.807) is 13.0 Å². The summed E-state index contributed by atoms with van der Waals surface area (Å²) >= 11 is 0. The highest BCUT2D eigenvalue weighted by Gasteiger charge is 2.29. The molecule has 0 radical (unpaired) electrons. The Morgan fingerprint density at radius 3 is 2.54 bits per heavy atom. The lowest BCUT2D eigenvalue weighted by Crippen LogP contribution is -2.40. The van der Waals surface area contributed by atoms with E-state index in [1.807, 2.05) is 0 Å². The lowest BCUT2D eigenvalue weighted by atomic mass is 10.2. The van der Waals surface area contributed by atoms with Crippen molar-refractivity contribution < 1.29 is 22.7 Å². The SMILES string of the molecule is COc1ccc(NC(=O)[C@@H](C)N)cc1S(=O)(=O)N1CCOCC1.Cl. The average Bonchev–Trinajstić information content (AvgIpc) is 2.55. The van der Waals surface area contributed by atoms with E-state index in [9.17, 15) is 13.2 Å². The number of amides is 1. The molecule has 10 heteroatoms. The van der Waals surface area contributed by atoms with Gasteiger partial charge in [-0.05, 0) is 25.1 Å². The molecule has 1 aromatic carbocycles. The molecular formula is C14H22ClN3O5S. The molecule has 2 rings (SSSR count). The zero-order valence-corrected chi connectivity index (χ0v) is 15.2. The van der Waals surface area contributed by atoms with Gasteiger partial charge < -0.3 is 20.5 Å². The number of nitrogens with one attached hydrogen (secondary N) is 1. The van der Waals surface area contributed by atoms with Crippen molar-refractivity contribution in [2.75, 3.05) is 38.7 Å². The van der Waals surface area contributed by atoms with Gasteiger partial charge in [-0.1, -0.05) is 0 Å². The zero-order chi connectivity index (χ0) is 17.0. The Bertz CT molecular complexity index is 675. The molecule has 3 N–H and O–H groups in total. The zero-order valence-electron chi connectivity index (χ0n) is 13.5. The van der Waals surface area contributed by atoms with Gasteiger partial charge in [0.15, 0.2) is 0 Å². The third-order valence-electron chi connectivity index (χ3n) is 3.43. The highest BCUT2D eigenvalue weighted by atomic mass is 35.5. The van der Waals surface area contributed by atoms with Gasteiger partial charge in [-0.3, -0.25) is 4.79 Å². The number of hydrogen-bond donors (Lipinski definition) is 2. The molecule has 136 valence electrons. The van der Waals surface area contributed by atoms with E-state index >= 15 is 0 Å². The van der Waals surface area contributed by atoms with Gasteiger partial charge in [0.2, 0.25) is 15.9 Å². The number of anilines is 1. The molecule has 1 heterocycles. The van der Waals surface area contributed by atoms with Crippen molar-refractivity contribution in [3.8, 4) is 5.75 Å². The number of methoxy groups -OCH3 is 1. The standard InChI is InChI=1S/C14H21N3O5S.ClH/c1-10(15)14(18)16-11-3-4-12(21-2)13(9-11)23(19,20)17-5-7-22-8-6-17;/h3-4,9-10H,5-8,15H2,1-2H3,(H,16,18);1H/t10-;/m1./s1. The van der Waals surface area contributed by atoms with Gasteiger partial charge in [-0.25, -0.2) is 8.42 Å². The Balaban J connectivity index is 0.00000288. The van der Waals surface area contributed by atoms with Crippen molar-refractivity contribution in [2.24, 2.45) is 5.73 Å². The van der Waals surface area contributed by atoms with Gasteiger partial charge in [-0.2, -0.15) is 4.31 Å². The summed E-state index contributed by atoms with van der Waals surface area (Å²) < 4.78 is 37.3. The Labute approximate surface area is 147 Å². The maximum Gasteiger partial charge on any atom is 0.246 e. The Kier molecular flexibility index (Phi) is 7.43. The van der Waals surface area contributed by atoms with Crippen LogP contribution in [-0.4, -0.2) is 58.1 Å². The van der Waals surface area contributed by atoms with Crippen molar-refractivity contribution in [1.82, 2.24) is 4.31 Å². The summed E-state index contributed by atoms with van der Waals surface area (Å²) in [6, 6.07) is 3.75. The molecule has 0 saturated carbocycles. The van der Waals surface area contributed by atoms with Crippen LogP contribution in [-0.2, 0) is 19.6 Å². The van der Waals surface area contributed by atoms with E-state index in [-0.39, 0.29) is 36.1 Å². The molecule has 0 aliphatic carbocycles. The van der Waals surface area contributed by atoms with Crippen molar-refractivity contribution in [3.05, 3.63) is 18.2 Å². The number of benzene rings is 1. The van der Waals surface area contributed by atoms with Gasteiger partial charge in [0, 0.05) is 18.8 Å². The van der Waals surface area contributed by atoms with Gasteiger partial charge in [0.05, 0.1) is 26.4 Å².